The highest BCUT2D eigenvalue weighted by Gasteiger charge is 2.13. The largest absolute Gasteiger partial charge is 0.489 e. The number of rotatable bonds is 5. The smallest absolute Gasteiger partial charge is 0.346 e. The molecule has 0 saturated carbocycles. The summed E-state index contributed by atoms with van der Waals surface area (Å²) in [6.07, 6.45) is 3.96. The Labute approximate surface area is 176 Å². The van der Waals surface area contributed by atoms with Gasteiger partial charge in [-0.25, -0.2) is 9.78 Å². The fourth-order valence-corrected chi connectivity index (χ4v) is 4.18. The van der Waals surface area contributed by atoms with Gasteiger partial charge in [0.05, 0.1) is 15.8 Å². The normalized spacial score (nSPS) is 11.5. The molecule has 30 heavy (non-hydrogen) atoms. The molecule has 0 aliphatic rings. The van der Waals surface area contributed by atoms with Crippen molar-refractivity contribution in [2.45, 2.75) is 0 Å². The van der Waals surface area contributed by atoms with E-state index in [-0.39, 0.29) is 0 Å². The quantitative estimate of drug-likeness (QED) is 0.325. The van der Waals surface area contributed by atoms with Gasteiger partial charge >= 0.3 is 5.63 Å². The van der Waals surface area contributed by atoms with Crippen molar-refractivity contribution < 1.29 is 9.15 Å². The maximum atomic E-state index is 12.6. The molecule has 0 fully saturated rings. The summed E-state index contributed by atoms with van der Waals surface area (Å²) in [5.74, 6) is 0.649. The Balaban J connectivity index is 1.38. The number of hydrogen-bond donors (Lipinski definition) is 0. The summed E-state index contributed by atoms with van der Waals surface area (Å²) in [6.45, 7) is 0.425. The number of aromatic nitrogens is 1. The van der Waals surface area contributed by atoms with Crippen molar-refractivity contribution >= 4 is 38.6 Å². The number of para-hydroxylation sites is 1. The van der Waals surface area contributed by atoms with Crippen molar-refractivity contribution in [2.24, 2.45) is 0 Å². The monoisotopic (exact) mass is 411 g/mol. The number of hydrogen-bond acceptors (Lipinski definition) is 5. The maximum absolute atomic E-state index is 12.6. The average Bonchev–Trinajstić information content (AvgIpc) is 3.21. The van der Waals surface area contributed by atoms with E-state index in [0.717, 1.165) is 21.2 Å². The third kappa shape index (κ3) is 3.75. The number of fused-ring (bicyclic) bond motifs is 2. The van der Waals surface area contributed by atoms with Crippen LogP contribution in [0.3, 0.4) is 0 Å². The summed E-state index contributed by atoms with van der Waals surface area (Å²) in [5.41, 5.74) is 2.57. The predicted octanol–water partition coefficient (Wildman–Crippen LogP) is 6.16. The predicted molar refractivity (Wildman–Crippen MR) is 122 cm³/mol. The van der Waals surface area contributed by atoms with Crippen molar-refractivity contribution in [3.8, 4) is 16.3 Å². The molecular weight excluding hydrogens is 394 g/mol. The van der Waals surface area contributed by atoms with Crippen molar-refractivity contribution in [1.82, 2.24) is 4.98 Å². The van der Waals surface area contributed by atoms with Crippen LogP contribution < -0.4 is 10.4 Å². The number of benzene rings is 3. The topological polar surface area (TPSA) is 52.3 Å². The lowest BCUT2D eigenvalue weighted by Crippen LogP contribution is -2.02. The minimum absolute atomic E-state index is 0.400. The Hall–Kier alpha value is -3.70. The van der Waals surface area contributed by atoms with E-state index in [4.69, 9.17) is 9.15 Å². The van der Waals surface area contributed by atoms with E-state index >= 15 is 0 Å². The van der Waals surface area contributed by atoms with Gasteiger partial charge in [0.15, 0.2) is 0 Å². The van der Waals surface area contributed by atoms with E-state index in [1.807, 2.05) is 84.9 Å². The fourth-order valence-electron chi connectivity index (χ4n) is 3.21. The molecule has 5 heteroatoms. The van der Waals surface area contributed by atoms with Crippen LogP contribution in [-0.4, -0.2) is 11.6 Å². The van der Waals surface area contributed by atoms with Crippen LogP contribution in [0.5, 0.6) is 5.75 Å². The van der Waals surface area contributed by atoms with Gasteiger partial charge in [-0.2, -0.15) is 0 Å². The summed E-state index contributed by atoms with van der Waals surface area (Å²) in [6, 6.07) is 25.2. The first-order valence-corrected chi connectivity index (χ1v) is 10.4. The maximum Gasteiger partial charge on any atom is 0.346 e. The summed E-state index contributed by atoms with van der Waals surface area (Å²) in [4.78, 5) is 17.2. The van der Waals surface area contributed by atoms with Crippen LogP contribution in [0.2, 0.25) is 0 Å². The first kappa shape index (κ1) is 18.3. The molecule has 0 radical (unpaired) electrons. The standard InChI is InChI=1S/C25H17NO3S/c27-25-20(24-26-21-10-4-5-11-23(21)30-24)15-18-12-13-19(16-22(18)29-25)28-14-6-9-17-7-2-1-3-8-17/h1-13,15-16H,14H2/b9-6+. The van der Waals surface area contributed by atoms with E-state index < -0.39 is 5.63 Å². The van der Waals surface area contributed by atoms with Gasteiger partial charge in [0.25, 0.3) is 0 Å². The van der Waals surface area contributed by atoms with Crippen LogP contribution in [0.4, 0.5) is 0 Å². The molecule has 2 aromatic heterocycles. The lowest BCUT2D eigenvalue weighted by Gasteiger charge is -2.05. The van der Waals surface area contributed by atoms with Crippen molar-refractivity contribution in [2.75, 3.05) is 6.61 Å². The lowest BCUT2D eigenvalue weighted by molar-refractivity contribution is 0.363. The lowest BCUT2D eigenvalue weighted by atomic mass is 10.2. The zero-order valence-corrected chi connectivity index (χ0v) is 16.8. The van der Waals surface area contributed by atoms with Gasteiger partial charge < -0.3 is 9.15 Å². The van der Waals surface area contributed by atoms with E-state index in [2.05, 4.69) is 4.98 Å². The van der Waals surface area contributed by atoms with Gasteiger partial charge in [0, 0.05) is 11.5 Å². The zero-order chi connectivity index (χ0) is 20.3. The van der Waals surface area contributed by atoms with Crippen LogP contribution >= 0.6 is 11.3 Å². The van der Waals surface area contributed by atoms with Crippen molar-refractivity contribution in [3.63, 3.8) is 0 Å². The van der Waals surface area contributed by atoms with E-state index in [1.165, 1.54) is 11.3 Å². The molecule has 0 amide bonds. The average molecular weight is 411 g/mol. The third-order valence-corrected chi connectivity index (χ3v) is 5.76. The molecule has 0 aliphatic heterocycles. The second-order valence-electron chi connectivity index (χ2n) is 6.76. The molecule has 2 heterocycles. The number of ether oxygens (including phenoxy) is 1. The molecule has 0 unspecified atom stereocenters. The van der Waals surface area contributed by atoms with Gasteiger partial charge in [0.2, 0.25) is 0 Å². The van der Waals surface area contributed by atoms with Gasteiger partial charge in [-0.3, -0.25) is 0 Å². The van der Waals surface area contributed by atoms with Crippen molar-refractivity contribution in [3.05, 3.63) is 101 Å². The molecule has 4 nitrogen and oxygen atoms in total. The molecule has 3 aromatic carbocycles. The van der Waals surface area contributed by atoms with Gasteiger partial charge in [-0.05, 0) is 42.0 Å². The van der Waals surface area contributed by atoms with Crippen LogP contribution in [0, 0.1) is 0 Å². The molecule has 0 spiro atoms. The van der Waals surface area contributed by atoms with E-state index in [9.17, 15) is 4.79 Å². The second kappa shape index (κ2) is 7.97. The number of thiazole rings is 1. The van der Waals surface area contributed by atoms with E-state index in [0.29, 0.717) is 28.5 Å². The first-order valence-electron chi connectivity index (χ1n) is 9.54. The fraction of sp³-hybridized carbons (Fsp3) is 0.0400. The summed E-state index contributed by atoms with van der Waals surface area (Å²) < 4.78 is 12.4. The molecule has 0 saturated heterocycles. The second-order valence-corrected chi connectivity index (χ2v) is 7.79. The molecular formula is C25H17NO3S. The molecule has 0 bridgehead atoms. The highest BCUT2D eigenvalue weighted by atomic mass is 32.1. The van der Waals surface area contributed by atoms with Crippen molar-refractivity contribution in [1.29, 1.82) is 0 Å². The van der Waals surface area contributed by atoms with E-state index in [1.54, 1.807) is 6.07 Å². The summed E-state index contributed by atoms with van der Waals surface area (Å²) >= 11 is 1.48. The first-order chi connectivity index (χ1) is 14.8. The Morgan fingerprint density at radius 1 is 0.967 bits per heavy atom. The SMILES string of the molecule is O=c1oc2cc(OC/C=C/c3ccccc3)ccc2cc1-c1nc2ccccc2s1. The van der Waals surface area contributed by atoms with Crippen LogP contribution in [0.1, 0.15) is 5.56 Å². The molecule has 0 aliphatic carbocycles. The number of nitrogens with zero attached hydrogens (tertiary/aromatic N) is 1. The Bertz CT molecular complexity index is 1380. The Morgan fingerprint density at radius 2 is 1.80 bits per heavy atom. The van der Waals surface area contributed by atoms with Gasteiger partial charge in [0.1, 0.15) is 22.9 Å². The van der Waals surface area contributed by atoms with Crippen LogP contribution in [0.25, 0.3) is 37.8 Å². The minimum atomic E-state index is -0.400. The van der Waals surface area contributed by atoms with Gasteiger partial charge in [-0.15, -0.1) is 11.3 Å². The molecule has 5 aromatic rings. The Morgan fingerprint density at radius 3 is 2.67 bits per heavy atom. The highest BCUT2D eigenvalue weighted by Crippen LogP contribution is 2.30. The Kier molecular flexibility index (Phi) is 4.87. The summed E-state index contributed by atoms with van der Waals surface area (Å²) in [5, 5.41) is 1.49. The third-order valence-electron chi connectivity index (χ3n) is 4.69. The molecule has 0 atom stereocenters. The molecule has 146 valence electrons. The summed E-state index contributed by atoms with van der Waals surface area (Å²) in [7, 11) is 0. The molecule has 5 rings (SSSR count). The van der Waals surface area contributed by atoms with Gasteiger partial charge in [-0.1, -0.05) is 48.5 Å². The minimum Gasteiger partial charge on any atom is -0.489 e. The molecule has 0 N–H and O–H groups in total. The highest BCUT2D eigenvalue weighted by molar-refractivity contribution is 7.21. The zero-order valence-electron chi connectivity index (χ0n) is 15.9. The van der Waals surface area contributed by atoms with Crippen LogP contribution in [0.15, 0.2) is 94.2 Å². The van der Waals surface area contributed by atoms with Crippen LogP contribution in [-0.2, 0) is 0 Å².